The lowest BCUT2D eigenvalue weighted by Crippen LogP contribution is -2.29. The lowest BCUT2D eigenvalue weighted by atomic mass is 10.1. The van der Waals surface area contributed by atoms with Gasteiger partial charge in [0.2, 0.25) is 5.91 Å². The van der Waals surface area contributed by atoms with Gasteiger partial charge in [-0.05, 0) is 41.6 Å². The molecule has 0 aliphatic rings. The Hall–Kier alpha value is -2.65. The maximum atomic E-state index is 12.1. The van der Waals surface area contributed by atoms with Crippen molar-refractivity contribution in [1.29, 1.82) is 0 Å². The zero-order valence-electron chi connectivity index (χ0n) is 13.2. The standard InChI is InChI=1S/C20H20N2O/c1-22(15-20(23)21-19-9-3-2-4-10-19)14-16-11-12-17-7-5-6-8-18(17)13-16/h2-13H,14-15H2,1H3,(H,21,23). The van der Waals surface area contributed by atoms with E-state index in [1.54, 1.807) is 0 Å². The topological polar surface area (TPSA) is 32.3 Å². The summed E-state index contributed by atoms with van der Waals surface area (Å²) in [6, 6.07) is 24.3. The molecule has 0 bridgehead atoms. The summed E-state index contributed by atoms with van der Waals surface area (Å²) >= 11 is 0. The molecule has 116 valence electrons. The van der Waals surface area contributed by atoms with Crippen LogP contribution in [0.1, 0.15) is 5.56 Å². The van der Waals surface area contributed by atoms with Crippen molar-refractivity contribution < 1.29 is 4.79 Å². The fraction of sp³-hybridized carbons (Fsp3) is 0.150. The summed E-state index contributed by atoms with van der Waals surface area (Å²) in [6.07, 6.45) is 0. The first-order valence-corrected chi connectivity index (χ1v) is 7.72. The van der Waals surface area contributed by atoms with Gasteiger partial charge in [0.15, 0.2) is 0 Å². The molecule has 23 heavy (non-hydrogen) atoms. The molecule has 1 N–H and O–H groups in total. The van der Waals surface area contributed by atoms with Gasteiger partial charge in [-0.1, -0.05) is 54.6 Å². The number of anilines is 1. The summed E-state index contributed by atoms with van der Waals surface area (Å²) in [6.45, 7) is 1.11. The van der Waals surface area contributed by atoms with E-state index in [1.165, 1.54) is 16.3 Å². The molecule has 3 aromatic rings. The average molecular weight is 304 g/mol. The summed E-state index contributed by atoms with van der Waals surface area (Å²) < 4.78 is 0. The van der Waals surface area contributed by atoms with E-state index in [-0.39, 0.29) is 5.91 Å². The summed E-state index contributed by atoms with van der Waals surface area (Å²) in [4.78, 5) is 14.1. The Bertz CT molecular complexity index is 799. The zero-order chi connectivity index (χ0) is 16.1. The molecule has 0 fully saturated rings. The third kappa shape index (κ3) is 4.18. The highest BCUT2D eigenvalue weighted by molar-refractivity contribution is 5.92. The summed E-state index contributed by atoms with van der Waals surface area (Å²) in [7, 11) is 1.96. The molecular weight excluding hydrogens is 284 g/mol. The number of nitrogens with one attached hydrogen (secondary N) is 1. The van der Waals surface area contributed by atoms with Gasteiger partial charge in [0.05, 0.1) is 6.54 Å². The average Bonchev–Trinajstić information content (AvgIpc) is 2.55. The summed E-state index contributed by atoms with van der Waals surface area (Å²) in [5.74, 6) is -0.000473. The van der Waals surface area contributed by atoms with E-state index in [0.717, 1.165) is 12.2 Å². The molecule has 0 saturated heterocycles. The third-order valence-corrected chi connectivity index (χ3v) is 3.74. The van der Waals surface area contributed by atoms with Crippen LogP contribution in [0.25, 0.3) is 10.8 Å². The molecule has 0 atom stereocenters. The predicted octanol–water partition coefficient (Wildman–Crippen LogP) is 3.91. The number of carbonyl (C=O) groups is 1. The second-order valence-corrected chi connectivity index (χ2v) is 5.77. The van der Waals surface area contributed by atoms with E-state index in [9.17, 15) is 4.79 Å². The molecule has 0 heterocycles. The van der Waals surface area contributed by atoms with Crippen molar-refractivity contribution >= 4 is 22.4 Å². The molecule has 3 heteroatoms. The first-order valence-electron chi connectivity index (χ1n) is 7.72. The highest BCUT2D eigenvalue weighted by atomic mass is 16.2. The number of para-hydroxylation sites is 1. The Morgan fingerprint density at radius 2 is 1.61 bits per heavy atom. The molecule has 3 nitrogen and oxygen atoms in total. The van der Waals surface area contributed by atoms with Crippen molar-refractivity contribution in [2.45, 2.75) is 6.54 Å². The van der Waals surface area contributed by atoms with E-state index in [2.05, 4.69) is 35.6 Å². The van der Waals surface area contributed by atoms with E-state index >= 15 is 0 Å². The number of hydrogen-bond acceptors (Lipinski definition) is 2. The number of amides is 1. The highest BCUT2D eigenvalue weighted by Gasteiger charge is 2.08. The predicted molar refractivity (Wildman–Crippen MR) is 95.4 cm³/mol. The Kier molecular flexibility index (Phi) is 4.69. The van der Waals surface area contributed by atoms with Crippen molar-refractivity contribution in [3.63, 3.8) is 0 Å². The number of benzene rings is 3. The van der Waals surface area contributed by atoms with Gasteiger partial charge in [-0.2, -0.15) is 0 Å². The van der Waals surface area contributed by atoms with Crippen molar-refractivity contribution in [2.24, 2.45) is 0 Å². The first kappa shape index (κ1) is 15.3. The van der Waals surface area contributed by atoms with Gasteiger partial charge >= 0.3 is 0 Å². The Balaban J connectivity index is 1.59. The van der Waals surface area contributed by atoms with Gasteiger partial charge in [-0.25, -0.2) is 0 Å². The molecule has 0 radical (unpaired) electrons. The van der Waals surface area contributed by atoms with E-state index in [4.69, 9.17) is 0 Å². The first-order chi connectivity index (χ1) is 11.2. The van der Waals surface area contributed by atoms with Gasteiger partial charge in [0.25, 0.3) is 0 Å². The Morgan fingerprint density at radius 3 is 2.39 bits per heavy atom. The molecule has 0 aliphatic heterocycles. The van der Waals surface area contributed by atoms with Crippen molar-refractivity contribution in [3.8, 4) is 0 Å². The van der Waals surface area contributed by atoms with Crippen LogP contribution in [0.15, 0.2) is 72.8 Å². The van der Waals surface area contributed by atoms with Gasteiger partial charge in [-0.3, -0.25) is 9.69 Å². The summed E-state index contributed by atoms with van der Waals surface area (Å²) in [5.41, 5.74) is 2.04. The Morgan fingerprint density at radius 1 is 0.913 bits per heavy atom. The van der Waals surface area contributed by atoms with Crippen LogP contribution in [0.5, 0.6) is 0 Å². The van der Waals surface area contributed by atoms with Crippen LogP contribution in [-0.4, -0.2) is 24.4 Å². The van der Waals surface area contributed by atoms with E-state index in [0.29, 0.717) is 6.54 Å². The van der Waals surface area contributed by atoms with Crippen LogP contribution in [0.2, 0.25) is 0 Å². The SMILES string of the molecule is CN(CC(=O)Nc1ccccc1)Cc1ccc2ccccc2c1. The van der Waals surface area contributed by atoms with Crippen LogP contribution in [0.4, 0.5) is 5.69 Å². The lowest BCUT2D eigenvalue weighted by molar-refractivity contribution is -0.117. The van der Waals surface area contributed by atoms with Gasteiger partial charge in [-0.15, -0.1) is 0 Å². The number of nitrogens with zero attached hydrogens (tertiary/aromatic N) is 1. The number of hydrogen-bond donors (Lipinski definition) is 1. The second kappa shape index (κ2) is 7.07. The monoisotopic (exact) mass is 304 g/mol. The van der Waals surface area contributed by atoms with Crippen LogP contribution >= 0.6 is 0 Å². The molecule has 0 unspecified atom stereocenters. The second-order valence-electron chi connectivity index (χ2n) is 5.77. The number of likely N-dealkylation sites (N-methyl/N-ethyl adjacent to an activating group) is 1. The highest BCUT2D eigenvalue weighted by Crippen LogP contribution is 2.16. The van der Waals surface area contributed by atoms with Crippen molar-refractivity contribution in [3.05, 3.63) is 78.4 Å². The minimum Gasteiger partial charge on any atom is -0.325 e. The van der Waals surface area contributed by atoms with Gasteiger partial charge in [0.1, 0.15) is 0 Å². The van der Waals surface area contributed by atoms with Crippen LogP contribution in [-0.2, 0) is 11.3 Å². The minimum atomic E-state index is -0.000473. The molecule has 0 aromatic heterocycles. The number of rotatable bonds is 5. The zero-order valence-corrected chi connectivity index (χ0v) is 13.2. The smallest absolute Gasteiger partial charge is 0.238 e. The maximum absolute atomic E-state index is 12.1. The van der Waals surface area contributed by atoms with E-state index < -0.39 is 0 Å². The van der Waals surface area contributed by atoms with Crippen molar-refractivity contribution in [2.75, 3.05) is 18.9 Å². The van der Waals surface area contributed by atoms with E-state index in [1.807, 2.05) is 54.4 Å². The molecule has 0 saturated carbocycles. The molecule has 0 spiro atoms. The Labute approximate surface area is 136 Å². The molecule has 1 amide bonds. The number of fused-ring (bicyclic) bond motifs is 1. The molecule has 3 rings (SSSR count). The lowest BCUT2D eigenvalue weighted by Gasteiger charge is -2.16. The summed E-state index contributed by atoms with van der Waals surface area (Å²) in [5, 5.41) is 5.37. The molecule has 0 aliphatic carbocycles. The maximum Gasteiger partial charge on any atom is 0.238 e. The quantitative estimate of drug-likeness (QED) is 0.775. The largest absolute Gasteiger partial charge is 0.325 e. The third-order valence-electron chi connectivity index (χ3n) is 3.74. The fourth-order valence-electron chi connectivity index (χ4n) is 2.67. The molecule has 3 aromatic carbocycles. The molecular formula is C20H20N2O. The number of carbonyl (C=O) groups excluding carboxylic acids is 1. The minimum absolute atomic E-state index is 0.000473. The normalized spacial score (nSPS) is 10.9. The van der Waals surface area contributed by atoms with Gasteiger partial charge in [0, 0.05) is 12.2 Å². The van der Waals surface area contributed by atoms with Crippen molar-refractivity contribution in [1.82, 2.24) is 4.90 Å². The van der Waals surface area contributed by atoms with Crippen LogP contribution in [0, 0.1) is 0 Å². The van der Waals surface area contributed by atoms with Gasteiger partial charge < -0.3 is 5.32 Å². The van der Waals surface area contributed by atoms with Crippen LogP contribution in [0.3, 0.4) is 0 Å². The fourth-order valence-corrected chi connectivity index (χ4v) is 2.67. The van der Waals surface area contributed by atoms with Crippen LogP contribution < -0.4 is 5.32 Å².